The highest BCUT2D eigenvalue weighted by atomic mass is 28.4. The van der Waals surface area contributed by atoms with E-state index < -0.39 is 14.3 Å². The van der Waals surface area contributed by atoms with Crippen molar-refractivity contribution in [1.82, 2.24) is 0 Å². The standard InChI is InChI=1S/C11H20O5Si/c1-14-10(12)7-6-9(8-11(13)15-2)16-17(3,4)5/h8H,6-7H2,1-5H3. The summed E-state index contributed by atoms with van der Waals surface area (Å²) >= 11 is 0. The molecule has 0 fully saturated rings. The summed E-state index contributed by atoms with van der Waals surface area (Å²) in [6.07, 6.45) is 1.80. The van der Waals surface area contributed by atoms with Gasteiger partial charge in [0.25, 0.3) is 0 Å². The number of rotatable bonds is 6. The minimum atomic E-state index is -1.81. The lowest BCUT2D eigenvalue weighted by Crippen LogP contribution is -2.25. The molecule has 0 heterocycles. The van der Waals surface area contributed by atoms with Crippen LogP contribution in [0.2, 0.25) is 19.6 Å². The first-order valence-corrected chi connectivity index (χ1v) is 8.73. The van der Waals surface area contributed by atoms with Gasteiger partial charge >= 0.3 is 11.9 Å². The van der Waals surface area contributed by atoms with Gasteiger partial charge < -0.3 is 13.9 Å². The number of ether oxygens (including phenoxy) is 2. The number of hydrogen-bond donors (Lipinski definition) is 0. The molecule has 0 atom stereocenters. The molecule has 0 saturated carbocycles. The van der Waals surface area contributed by atoms with E-state index in [1.165, 1.54) is 20.3 Å². The van der Waals surface area contributed by atoms with Crippen LogP contribution < -0.4 is 0 Å². The van der Waals surface area contributed by atoms with Gasteiger partial charge in [0.05, 0.1) is 32.5 Å². The van der Waals surface area contributed by atoms with Gasteiger partial charge in [0.2, 0.25) is 8.32 Å². The van der Waals surface area contributed by atoms with Crippen LogP contribution >= 0.6 is 0 Å². The van der Waals surface area contributed by atoms with Crippen LogP contribution in [0.3, 0.4) is 0 Å². The molecular weight excluding hydrogens is 240 g/mol. The van der Waals surface area contributed by atoms with Gasteiger partial charge in [-0.3, -0.25) is 4.79 Å². The lowest BCUT2D eigenvalue weighted by Gasteiger charge is -2.21. The molecule has 0 spiro atoms. The third-order valence-electron chi connectivity index (χ3n) is 1.72. The maximum Gasteiger partial charge on any atom is 0.333 e. The van der Waals surface area contributed by atoms with Gasteiger partial charge in [0.1, 0.15) is 0 Å². The van der Waals surface area contributed by atoms with Crippen molar-refractivity contribution < 1.29 is 23.5 Å². The van der Waals surface area contributed by atoms with Crippen molar-refractivity contribution in [2.24, 2.45) is 0 Å². The Morgan fingerprint density at radius 3 is 2.06 bits per heavy atom. The van der Waals surface area contributed by atoms with Crippen LogP contribution in [0.25, 0.3) is 0 Å². The summed E-state index contributed by atoms with van der Waals surface area (Å²) < 4.78 is 14.8. The molecule has 0 aromatic carbocycles. The lowest BCUT2D eigenvalue weighted by atomic mass is 10.2. The minimum absolute atomic E-state index is 0.184. The van der Waals surface area contributed by atoms with E-state index in [-0.39, 0.29) is 12.4 Å². The van der Waals surface area contributed by atoms with Crippen LogP contribution in [0.15, 0.2) is 11.8 Å². The lowest BCUT2D eigenvalue weighted by molar-refractivity contribution is -0.141. The van der Waals surface area contributed by atoms with Crippen molar-refractivity contribution in [3.63, 3.8) is 0 Å². The zero-order valence-electron chi connectivity index (χ0n) is 11.0. The number of carbonyl (C=O) groups is 2. The van der Waals surface area contributed by atoms with E-state index in [0.717, 1.165) is 0 Å². The Hall–Kier alpha value is -1.30. The van der Waals surface area contributed by atoms with Crippen molar-refractivity contribution in [2.45, 2.75) is 32.5 Å². The van der Waals surface area contributed by atoms with Gasteiger partial charge in [-0.2, -0.15) is 0 Å². The van der Waals surface area contributed by atoms with E-state index in [1.54, 1.807) is 0 Å². The summed E-state index contributed by atoms with van der Waals surface area (Å²) in [6, 6.07) is 0. The van der Waals surface area contributed by atoms with Gasteiger partial charge in [-0.15, -0.1) is 0 Å². The van der Waals surface area contributed by atoms with Crippen molar-refractivity contribution in [3.05, 3.63) is 11.8 Å². The maximum atomic E-state index is 11.1. The zero-order chi connectivity index (χ0) is 13.5. The van der Waals surface area contributed by atoms with Gasteiger partial charge in [0.15, 0.2) is 0 Å². The van der Waals surface area contributed by atoms with Crippen LogP contribution in [0.4, 0.5) is 0 Å². The van der Waals surface area contributed by atoms with E-state index in [9.17, 15) is 9.59 Å². The predicted molar refractivity (Wildman–Crippen MR) is 65.8 cm³/mol. The number of esters is 2. The number of methoxy groups -OCH3 is 2. The van der Waals surface area contributed by atoms with Crippen LogP contribution in [0.5, 0.6) is 0 Å². The molecule has 0 saturated heterocycles. The molecule has 0 aliphatic heterocycles. The molecule has 0 unspecified atom stereocenters. The van der Waals surface area contributed by atoms with Crippen LogP contribution in [-0.4, -0.2) is 34.5 Å². The molecule has 0 aromatic rings. The Bertz CT molecular complexity index is 303. The molecule has 17 heavy (non-hydrogen) atoms. The summed E-state index contributed by atoms with van der Waals surface area (Å²) in [5.74, 6) is -0.343. The second-order valence-electron chi connectivity index (χ2n) is 4.42. The van der Waals surface area contributed by atoms with Gasteiger partial charge in [-0.05, 0) is 19.6 Å². The first kappa shape index (κ1) is 15.7. The summed E-state index contributed by atoms with van der Waals surface area (Å²) in [5.41, 5.74) is 0. The molecule has 0 rings (SSSR count). The summed E-state index contributed by atoms with van der Waals surface area (Å²) in [7, 11) is 0.811. The van der Waals surface area contributed by atoms with Crippen LogP contribution in [0.1, 0.15) is 12.8 Å². The third kappa shape index (κ3) is 8.50. The van der Waals surface area contributed by atoms with Crippen LogP contribution in [0, 0.1) is 0 Å². The van der Waals surface area contributed by atoms with Crippen molar-refractivity contribution in [1.29, 1.82) is 0 Å². The van der Waals surface area contributed by atoms with E-state index in [2.05, 4.69) is 9.47 Å². The predicted octanol–water partition coefficient (Wildman–Crippen LogP) is 1.85. The Morgan fingerprint density at radius 2 is 1.65 bits per heavy atom. The molecule has 98 valence electrons. The molecule has 0 aliphatic rings. The molecule has 0 aliphatic carbocycles. The fourth-order valence-electron chi connectivity index (χ4n) is 1.06. The highest BCUT2D eigenvalue weighted by Crippen LogP contribution is 2.15. The average molecular weight is 260 g/mol. The largest absolute Gasteiger partial charge is 0.547 e. The second kappa shape index (κ2) is 7.11. The van der Waals surface area contributed by atoms with Crippen LogP contribution in [-0.2, 0) is 23.5 Å². The fourth-order valence-corrected chi connectivity index (χ4v) is 2.01. The quantitative estimate of drug-likeness (QED) is 0.316. The van der Waals surface area contributed by atoms with E-state index in [1.807, 2.05) is 19.6 Å². The molecule has 0 N–H and O–H groups in total. The van der Waals surface area contributed by atoms with E-state index in [4.69, 9.17) is 4.43 Å². The van der Waals surface area contributed by atoms with Crippen molar-refractivity contribution in [2.75, 3.05) is 14.2 Å². The minimum Gasteiger partial charge on any atom is -0.547 e. The Labute approximate surface area is 103 Å². The number of hydrogen-bond acceptors (Lipinski definition) is 5. The Kier molecular flexibility index (Phi) is 6.56. The van der Waals surface area contributed by atoms with E-state index >= 15 is 0 Å². The molecule has 0 aromatic heterocycles. The fraction of sp³-hybridized carbons (Fsp3) is 0.636. The SMILES string of the molecule is COC(=O)C=C(CCC(=O)OC)O[Si](C)(C)C. The maximum absolute atomic E-state index is 11.1. The topological polar surface area (TPSA) is 61.8 Å². The average Bonchev–Trinajstić information content (AvgIpc) is 2.23. The normalized spacial score (nSPS) is 11.9. The molecular formula is C11H20O5Si. The summed E-state index contributed by atoms with van der Waals surface area (Å²) in [5, 5.41) is 0. The van der Waals surface area contributed by atoms with Gasteiger partial charge in [0, 0.05) is 6.42 Å². The number of carbonyl (C=O) groups excluding carboxylic acids is 2. The third-order valence-corrected chi connectivity index (χ3v) is 2.60. The molecule has 0 radical (unpaired) electrons. The van der Waals surface area contributed by atoms with Crippen molar-refractivity contribution in [3.8, 4) is 0 Å². The first-order chi connectivity index (χ1) is 7.78. The monoisotopic (exact) mass is 260 g/mol. The second-order valence-corrected chi connectivity index (χ2v) is 8.85. The Balaban J connectivity index is 4.57. The highest BCUT2D eigenvalue weighted by Gasteiger charge is 2.19. The molecule has 0 bridgehead atoms. The first-order valence-electron chi connectivity index (χ1n) is 5.33. The highest BCUT2D eigenvalue weighted by molar-refractivity contribution is 6.70. The van der Waals surface area contributed by atoms with Gasteiger partial charge in [-0.1, -0.05) is 0 Å². The van der Waals surface area contributed by atoms with Gasteiger partial charge in [-0.25, -0.2) is 4.79 Å². The Morgan fingerprint density at radius 1 is 1.06 bits per heavy atom. The summed E-state index contributed by atoms with van der Waals surface area (Å²) in [6.45, 7) is 5.99. The van der Waals surface area contributed by atoms with Crippen molar-refractivity contribution >= 4 is 20.3 Å². The summed E-state index contributed by atoms with van der Waals surface area (Å²) in [4.78, 5) is 22.2. The molecule has 6 heteroatoms. The van der Waals surface area contributed by atoms with E-state index in [0.29, 0.717) is 12.2 Å². The molecule has 0 amide bonds. The number of allylic oxidation sites excluding steroid dienone is 1. The molecule has 5 nitrogen and oxygen atoms in total. The smallest absolute Gasteiger partial charge is 0.333 e. The zero-order valence-corrected chi connectivity index (χ0v) is 12.0.